The summed E-state index contributed by atoms with van der Waals surface area (Å²) in [6, 6.07) is 2.18. The zero-order valence-electron chi connectivity index (χ0n) is 11.2. The van der Waals surface area contributed by atoms with E-state index in [0.717, 1.165) is 37.8 Å². The molecule has 3 N–H and O–H groups in total. The van der Waals surface area contributed by atoms with Crippen molar-refractivity contribution in [1.29, 1.82) is 0 Å². The van der Waals surface area contributed by atoms with Gasteiger partial charge in [-0.25, -0.2) is 0 Å². The molecule has 0 radical (unpaired) electrons. The maximum atomic E-state index is 12.6. The fourth-order valence-corrected chi connectivity index (χ4v) is 2.52. The fourth-order valence-electron chi connectivity index (χ4n) is 2.52. The standard InChI is InChI=1S/C13H16F3N3O2/c14-13(15,16)8-5-6-11(12(7-8)19(20)21)18-10-4-2-1-3-9(10)17/h5-7,9-10,18H,1-4,17H2. The lowest BCUT2D eigenvalue weighted by Gasteiger charge is -2.30. The Bertz CT molecular complexity index is 534. The first-order valence-electron chi connectivity index (χ1n) is 6.67. The highest BCUT2D eigenvalue weighted by molar-refractivity contribution is 5.63. The van der Waals surface area contributed by atoms with Gasteiger partial charge in [-0.3, -0.25) is 10.1 Å². The second-order valence-corrected chi connectivity index (χ2v) is 5.19. The van der Waals surface area contributed by atoms with Crippen LogP contribution in [0.4, 0.5) is 24.5 Å². The molecule has 0 aliphatic heterocycles. The third kappa shape index (κ3) is 3.63. The number of benzene rings is 1. The van der Waals surface area contributed by atoms with Gasteiger partial charge in [0.05, 0.1) is 10.5 Å². The molecule has 2 rings (SSSR count). The number of hydrogen-bond acceptors (Lipinski definition) is 4. The quantitative estimate of drug-likeness (QED) is 0.663. The average molecular weight is 303 g/mol. The van der Waals surface area contributed by atoms with Crippen LogP contribution in [0.2, 0.25) is 0 Å². The first kappa shape index (κ1) is 15.6. The fraction of sp³-hybridized carbons (Fsp3) is 0.538. The zero-order chi connectivity index (χ0) is 15.6. The van der Waals surface area contributed by atoms with Gasteiger partial charge in [0.1, 0.15) is 5.69 Å². The average Bonchev–Trinajstić information content (AvgIpc) is 2.40. The number of rotatable bonds is 3. The summed E-state index contributed by atoms with van der Waals surface area (Å²) in [5.74, 6) is 0. The molecule has 21 heavy (non-hydrogen) atoms. The van der Waals surface area contributed by atoms with Crippen molar-refractivity contribution in [3.05, 3.63) is 33.9 Å². The van der Waals surface area contributed by atoms with Crippen LogP contribution in [0.15, 0.2) is 18.2 Å². The molecule has 116 valence electrons. The second kappa shape index (κ2) is 5.88. The number of hydrogen-bond donors (Lipinski definition) is 2. The van der Waals surface area contributed by atoms with E-state index in [0.29, 0.717) is 6.07 Å². The van der Waals surface area contributed by atoms with Gasteiger partial charge in [-0.1, -0.05) is 12.8 Å². The third-order valence-electron chi connectivity index (χ3n) is 3.68. The summed E-state index contributed by atoms with van der Waals surface area (Å²) in [4.78, 5) is 10.2. The van der Waals surface area contributed by atoms with Crippen LogP contribution in [0.25, 0.3) is 0 Å². The van der Waals surface area contributed by atoms with E-state index in [2.05, 4.69) is 5.32 Å². The highest BCUT2D eigenvalue weighted by atomic mass is 19.4. The largest absolute Gasteiger partial charge is 0.416 e. The number of nitrogens with one attached hydrogen (secondary N) is 1. The van der Waals surface area contributed by atoms with Crippen LogP contribution in [0, 0.1) is 10.1 Å². The Morgan fingerprint density at radius 3 is 2.52 bits per heavy atom. The second-order valence-electron chi connectivity index (χ2n) is 5.19. The lowest BCUT2D eigenvalue weighted by atomic mass is 9.91. The number of nitro benzene ring substituents is 1. The zero-order valence-corrected chi connectivity index (χ0v) is 11.2. The van der Waals surface area contributed by atoms with Crippen LogP contribution in [-0.2, 0) is 6.18 Å². The van der Waals surface area contributed by atoms with E-state index in [-0.39, 0.29) is 17.8 Å². The van der Waals surface area contributed by atoms with Crippen molar-refractivity contribution >= 4 is 11.4 Å². The van der Waals surface area contributed by atoms with Crippen LogP contribution in [-0.4, -0.2) is 17.0 Å². The monoisotopic (exact) mass is 303 g/mol. The summed E-state index contributed by atoms with van der Waals surface area (Å²) in [7, 11) is 0. The molecule has 0 bridgehead atoms. The van der Waals surface area contributed by atoms with E-state index in [1.54, 1.807) is 0 Å². The lowest BCUT2D eigenvalue weighted by molar-refractivity contribution is -0.384. The number of nitrogens with zero attached hydrogens (tertiary/aromatic N) is 1. The minimum atomic E-state index is -4.61. The van der Waals surface area contributed by atoms with Gasteiger partial charge in [-0.15, -0.1) is 0 Å². The predicted octanol–water partition coefficient (Wildman–Crippen LogP) is 3.30. The molecule has 1 aliphatic rings. The number of alkyl halides is 3. The molecule has 5 nitrogen and oxygen atoms in total. The molecule has 2 unspecified atom stereocenters. The maximum absolute atomic E-state index is 12.6. The van der Waals surface area contributed by atoms with E-state index in [1.165, 1.54) is 0 Å². The first-order valence-corrected chi connectivity index (χ1v) is 6.67. The Kier molecular flexibility index (Phi) is 4.36. The van der Waals surface area contributed by atoms with Crippen LogP contribution in [0.3, 0.4) is 0 Å². The normalized spacial score (nSPS) is 22.9. The number of nitrogens with two attached hydrogens (primary N) is 1. The van der Waals surface area contributed by atoms with E-state index < -0.39 is 22.4 Å². The van der Waals surface area contributed by atoms with Crippen LogP contribution >= 0.6 is 0 Å². The minimum Gasteiger partial charge on any atom is -0.375 e. The first-order chi connectivity index (χ1) is 9.79. The summed E-state index contributed by atoms with van der Waals surface area (Å²) < 4.78 is 37.9. The molecule has 0 aromatic heterocycles. The number of anilines is 1. The molecule has 0 saturated heterocycles. The topological polar surface area (TPSA) is 81.2 Å². The van der Waals surface area contributed by atoms with Gasteiger partial charge >= 0.3 is 6.18 Å². The third-order valence-corrected chi connectivity index (χ3v) is 3.68. The smallest absolute Gasteiger partial charge is 0.375 e. The van der Waals surface area contributed by atoms with Crippen LogP contribution < -0.4 is 11.1 Å². The van der Waals surface area contributed by atoms with Crippen molar-refractivity contribution < 1.29 is 18.1 Å². The molecule has 1 aliphatic carbocycles. The van der Waals surface area contributed by atoms with Gasteiger partial charge < -0.3 is 11.1 Å². The van der Waals surface area contributed by atoms with Gasteiger partial charge in [-0.2, -0.15) is 13.2 Å². The Labute approximate surface area is 119 Å². The summed E-state index contributed by atoms with van der Waals surface area (Å²) >= 11 is 0. The van der Waals surface area contributed by atoms with Gasteiger partial charge in [0.2, 0.25) is 0 Å². The molecular formula is C13H16F3N3O2. The van der Waals surface area contributed by atoms with E-state index >= 15 is 0 Å². The molecule has 0 amide bonds. The van der Waals surface area contributed by atoms with Gasteiger partial charge in [-0.05, 0) is 25.0 Å². The molecule has 8 heteroatoms. The predicted molar refractivity (Wildman–Crippen MR) is 72.0 cm³/mol. The summed E-state index contributed by atoms with van der Waals surface area (Å²) in [6.07, 6.45) is -1.12. The Morgan fingerprint density at radius 2 is 1.95 bits per heavy atom. The molecule has 0 heterocycles. The summed E-state index contributed by atoms with van der Waals surface area (Å²) in [6.45, 7) is 0. The van der Waals surface area contributed by atoms with Gasteiger partial charge in [0.25, 0.3) is 5.69 Å². The molecule has 1 saturated carbocycles. The Morgan fingerprint density at radius 1 is 1.29 bits per heavy atom. The minimum absolute atomic E-state index is 0.0790. The van der Waals surface area contributed by atoms with Crippen molar-refractivity contribution in [2.75, 3.05) is 5.32 Å². The van der Waals surface area contributed by atoms with Crippen molar-refractivity contribution in [1.82, 2.24) is 0 Å². The van der Waals surface area contributed by atoms with Crippen LogP contribution in [0.1, 0.15) is 31.2 Å². The van der Waals surface area contributed by atoms with E-state index in [9.17, 15) is 23.3 Å². The highest BCUT2D eigenvalue weighted by Crippen LogP contribution is 2.35. The molecule has 1 aromatic rings. The highest BCUT2D eigenvalue weighted by Gasteiger charge is 2.33. The number of nitro groups is 1. The van der Waals surface area contributed by atoms with E-state index in [1.807, 2.05) is 0 Å². The molecule has 2 atom stereocenters. The number of halogens is 3. The molecule has 1 aromatic carbocycles. The lowest BCUT2D eigenvalue weighted by Crippen LogP contribution is -2.42. The van der Waals surface area contributed by atoms with Crippen molar-refractivity contribution in [2.24, 2.45) is 5.73 Å². The molecular weight excluding hydrogens is 287 g/mol. The Balaban J connectivity index is 2.28. The van der Waals surface area contributed by atoms with Crippen molar-refractivity contribution in [3.8, 4) is 0 Å². The summed E-state index contributed by atoms with van der Waals surface area (Å²) in [5, 5.41) is 13.9. The molecule has 1 fully saturated rings. The summed E-state index contributed by atoms with van der Waals surface area (Å²) in [5.41, 5.74) is 4.40. The van der Waals surface area contributed by atoms with Crippen molar-refractivity contribution in [2.45, 2.75) is 43.9 Å². The SMILES string of the molecule is NC1CCCCC1Nc1ccc(C(F)(F)F)cc1[N+](=O)[O-]. The molecule has 0 spiro atoms. The van der Waals surface area contributed by atoms with Crippen LogP contribution in [0.5, 0.6) is 0 Å². The Hall–Kier alpha value is -1.83. The van der Waals surface area contributed by atoms with Gasteiger partial charge in [0.15, 0.2) is 0 Å². The van der Waals surface area contributed by atoms with Gasteiger partial charge in [0, 0.05) is 18.2 Å². The maximum Gasteiger partial charge on any atom is 0.416 e. The van der Waals surface area contributed by atoms with E-state index in [4.69, 9.17) is 5.73 Å². The van der Waals surface area contributed by atoms with Crippen molar-refractivity contribution in [3.63, 3.8) is 0 Å².